The summed E-state index contributed by atoms with van der Waals surface area (Å²) in [6.45, 7) is 12.1. The molecule has 1 N–H and O–H groups in total. The van der Waals surface area contributed by atoms with Gasteiger partial charge in [-0.15, -0.1) is 0 Å². The van der Waals surface area contributed by atoms with Crippen molar-refractivity contribution in [3.63, 3.8) is 0 Å². The molecular formula is C20H29N3O. The summed E-state index contributed by atoms with van der Waals surface area (Å²) in [6, 6.07) is 11.6. The van der Waals surface area contributed by atoms with Crippen molar-refractivity contribution < 1.29 is 4.79 Å². The van der Waals surface area contributed by atoms with Gasteiger partial charge >= 0.3 is 0 Å². The molecule has 0 aliphatic heterocycles. The van der Waals surface area contributed by atoms with E-state index in [1.807, 2.05) is 43.3 Å². The van der Waals surface area contributed by atoms with Crippen molar-refractivity contribution in [2.45, 2.75) is 40.7 Å². The van der Waals surface area contributed by atoms with E-state index in [0.29, 0.717) is 11.8 Å². The quantitative estimate of drug-likeness (QED) is 0.582. The lowest BCUT2D eigenvalue weighted by Gasteiger charge is -2.25. The lowest BCUT2D eigenvalue weighted by molar-refractivity contribution is -0.117. The van der Waals surface area contributed by atoms with E-state index in [2.05, 4.69) is 37.9 Å². The molecule has 1 aromatic rings. The summed E-state index contributed by atoms with van der Waals surface area (Å²) in [5.74, 6) is 0.601. The molecule has 1 aromatic carbocycles. The van der Waals surface area contributed by atoms with Gasteiger partial charge in [0.25, 0.3) is 5.91 Å². The molecular weight excluding hydrogens is 298 g/mol. The second kappa shape index (κ2) is 9.77. The molecule has 0 bridgehead atoms. The van der Waals surface area contributed by atoms with E-state index in [0.717, 1.165) is 18.7 Å². The minimum Gasteiger partial charge on any atom is -0.376 e. The molecule has 0 aliphatic rings. The summed E-state index contributed by atoms with van der Waals surface area (Å²) in [6.07, 6.45) is 1.70. The predicted octanol–water partition coefficient (Wildman–Crippen LogP) is 3.89. The van der Waals surface area contributed by atoms with Gasteiger partial charge in [-0.25, -0.2) is 0 Å². The van der Waals surface area contributed by atoms with Gasteiger partial charge in [0.2, 0.25) is 0 Å². The van der Waals surface area contributed by atoms with Crippen molar-refractivity contribution in [2.24, 2.45) is 11.8 Å². The fourth-order valence-electron chi connectivity index (χ4n) is 2.54. The zero-order chi connectivity index (χ0) is 18.1. The summed E-state index contributed by atoms with van der Waals surface area (Å²) in [5.41, 5.74) is 1.17. The highest BCUT2D eigenvalue weighted by molar-refractivity contribution is 5.97. The number of hydrogen-bond donors (Lipinski definition) is 1. The minimum absolute atomic E-state index is 0.140. The largest absolute Gasteiger partial charge is 0.376 e. The first kappa shape index (κ1) is 19.8. The van der Waals surface area contributed by atoms with Gasteiger partial charge in [0.15, 0.2) is 0 Å². The van der Waals surface area contributed by atoms with Gasteiger partial charge in [-0.2, -0.15) is 5.26 Å². The molecule has 4 heteroatoms. The second-order valence-electron chi connectivity index (χ2n) is 7.00. The van der Waals surface area contributed by atoms with Crippen LogP contribution in [0.1, 0.15) is 46.2 Å². The highest BCUT2D eigenvalue weighted by atomic mass is 16.1. The molecule has 1 amide bonds. The molecule has 0 heterocycles. The van der Waals surface area contributed by atoms with Crippen LogP contribution >= 0.6 is 0 Å². The molecule has 4 nitrogen and oxygen atoms in total. The molecule has 0 fully saturated rings. The third-order valence-corrected chi connectivity index (χ3v) is 3.52. The molecule has 1 rings (SSSR count). The molecule has 1 atom stereocenters. The first-order chi connectivity index (χ1) is 11.3. The Balaban J connectivity index is 2.85. The van der Waals surface area contributed by atoms with Gasteiger partial charge in [-0.3, -0.25) is 4.79 Å². The van der Waals surface area contributed by atoms with Crippen LogP contribution < -0.4 is 5.32 Å². The Morgan fingerprint density at radius 2 is 1.67 bits per heavy atom. The smallest absolute Gasteiger partial charge is 0.263 e. The number of carbonyl (C=O) groups excluding carboxylic acids is 1. The number of hydrogen-bond acceptors (Lipinski definition) is 3. The first-order valence-corrected chi connectivity index (χ1v) is 8.55. The van der Waals surface area contributed by atoms with E-state index in [-0.39, 0.29) is 17.5 Å². The van der Waals surface area contributed by atoms with E-state index < -0.39 is 0 Å². The van der Waals surface area contributed by atoms with Crippen molar-refractivity contribution >= 4 is 5.91 Å². The second-order valence-corrected chi connectivity index (χ2v) is 7.00. The van der Waals surface area contributed by atoms with Gasteiger partial charge in [-0.05, 0) is 24.3 Å². The van der Waals surface area contributed by atoms with Crippen LogP contribution in [0.2, 0.25) is 0 Å². The van der Waals surface area contributed by atoms with E-state index in [1.54, 1.807) is 6.20 Å². The molecule has 0 aromatic heterocycles. The highest BCUT2D eigenvalue weighted by Crippen LogP contribution is 2.13. The van der Waals surface area contributed by atoms with Crippen molar-refractivity contribution in [3.05, 3.63) is 47.7 Å². The summed E-state index contributed by atoms with van der Waals surface area (Å²) in [5, 5.41) is 12.3. The summed E-state index contributed by atoms with van der Waals surface area (Å²) in [4.78, 5) is 14.5. The molecule has 0 saturated heterocycles. The monoisotopic (exact) mass is 327 g/mol. The number of benzene rings is 1. The Labute approximate surface area is 146 Å². The molecule has 0 radical (unpaired) electrons. The molecule has 0 aliphatic carbocycles. The van der Waals surface area contributed by atoms with Gasteiger partial charge in [-0.1, -0.05) is 58.0 Å². The summed E-state index contributed by atoms with van der Waals surface area (Å²) in [7, 11) is 0. The van der Waals surface area contributed by atoms with Crippen LogP contribution in [-0.4, -0.2) is 23.9 Å². The zero-order valence-corrected chi connectivity index (χ0v) is 15.4. The molecule has 130 valence electrons. The molecule has 0 saturated carbocycles. The fraction of sp³-hybridized carbons (Fsp3) is 0.500. The lowest BCUT2D eigenvalue weighted by Crippen LogP contribution is -2.31. The van der Waals surface area contributed by atoms with E-state index in [4.69, 9.17) is 0 Å². The van der Waals surface area contributed by atoms with Crippen molar-refractivity contribution in [3.8, 4) is 6.07 Å². The van der Waals surface area contributed by atoms with Crippen LogP contribution in [0, 0.1) is 23.2 Å². The Hall–Kier alpha value is -2.28. The van der Waals surface area contributed by atoms with Gasteiger partial charge in [0.05, 0.1) is 6.04 Å². The number of rotatable bonds is 8. The van der Waals surface area contributed by atoms with Gasteiger partial charge in [0.1, 0.15) is 11.6 Å². The fourth-order valence-corrected chi connectivity index (χ4v) is 2.54. The topological polar surface area (TPSA) is 56.1 Å². The third kappa shape index (κ3) is 6.87. The molecule has 1 unspecified atom stereocenters. The Morgan fingerprint density at radius 1 is 1.12 bits per heavy atom. The summed E-state index contributed by atoms with van der Waals surface area (Å²) < 4.78 is 0. The highest BCUT2D eigenvalue weighted by Gasteiger charge is 2.16. The van der Waals surface area contributed by atoms with E-state index in [1.165, 1.54) is 0 Å². The lowest BCUT2D eigenvalue weighted by atomic mass is 10.1. The van der Waals surface area contributed by atoms with Crippen LogP contribution in [0.3, 0.4) is 0 Å². The van der Waals surface area contributed by atoms with Crippen LogP contribution in [0.15, 0.2) is 42.1 Å². The van der Waals surface area contributed by atoms with Crippen molar-refractivity contribution in [1.29, 1.82) is 5.26 Å². The van der Waals surface area contributed by atoms with Crippen LogP contribution in [0.4, 0.5) is 0 Å². The predicted molar refractivity (Wildman–Crippen MR) is 97.9 cm³/mol. The average molecular weight is 327 g/mol. The molecule has 24 heavy (non-hydrogen) atoms. The number of nitrogens with zero attached hydrogens (tertiary/aromatic N) is 2. The number of nitrogens with one attached hydrogen (secondary N) is 1. The third-order valence-electron chi connectivity index (χ3n) is 3.52. The SMILES string of the molecule is CC(C)CN(/C=C(/C#N)C(=O)NC(C)c1ccccc1)CC(C)C. The standard InChI is InChI=1S/C20H29N3O/c1-15(2)12-23(13-16(3)4)14-19(11-21)20(24)22-17(5)18-9-7-6-8-10-18/h6-10,14-17H,12-13H2,1-5H3,(H,22,24)/b19-14-. The van der Waals surface area contributed by atoms with Gasteiger partial charge in [0, 0.05) is 19.3 Å². The Morgan fingerprint density at radius 3 is 2.12 bits per heavy atom. The Kier molecular flexibility index (Phi) is 8.05. The minimum atomic E-state index is -0.327. The summed E-state index contributed by atoms with van der Waals surface area (Å²) >= 11 is 0. The maximum Gasteiger partial charge on any atom is 0.263 e. The maximum absolute atomic E-state index is 12.4. The number of carbonyl (C=O) groups is 1. The van der Waals surface area contributed by atoms with E-state index in [9.17, 15) is 10.1 Å². The Bertz CT molecular complexity index is 575. The van der Waals surface area contributed by atoms with Crippen LogP contribution in [0.5, 0.6) is 0 Å². The molecule has 0 spiro atoms. The van der Waals surface area contributed by atoms with Gasteiger partial charge < -0.3 is 10.2 Å². The van der Waals surface area contributed by atoms with E-state index >= 15 is 0 Å². The zero-order valence-electron chi connectivity index (χ0n) is 15.4. The van der Waals surface area contributed by atoms with Crippen molar-refractivity contribution in [1.82, 2.24) is 10.2 Å². The number of nitriles is 1. The first-order valence-electron chi connectivity index (χ1n) is 8.55. The normalized spacial score (nSPS) is 12.8. The van der Waals surface area contributed by atoms with Crippen molar-refractivity contribution in [2.75, 3.05) is 13.1 Å². The number of amides is 1. The van der Waals surface area contributed by atoms with Crippen LogP contribution in [-0.2, 0) is 4.79 Å². The van der Waals surface area contributed by atoms with Crippen LogP contribution in [0.25, 0.3) is 0 Å². The average Bonchev–Trinajstić information content (AvgIpc) is 2.51. The maximum atomic E-state index is 12.4.